The van der Waals surface area contributed by atoms with Gasteiger partial charge in [-0.15, -0.1) is 24.0 Å². The first-order valence-corrected chi connectivity index (χ1v) is 10.4. The summed E-state index contributed by atoms with van der Waals surface area (Å²) in [4.78, 5) is 20.4. The Morgan fingerprint density at radius 2 is 1.89 bits per heavy atom. The highest BCUT2D eigenvalue weighted by molar-refractivity contribution is 14.0. The molecule has 1 aliphatic heterocycles. The number of hydrogen-bond acceptors (Lipinski definition) is 4. The van der Waals surface area contributed by atoms with Gasteiger partial charge < -0.3 is 20.3 Å². The topological polar surface area (TPSA) is 69.2 Å². The Morgan fingerprint density at radius 3 is 2.43 bits per heavy atom. The molecule has 0 spiro atoms. The van der Waals surface area contributed by atoms with E-state index in [9.17, 15) is 4.79 Å². The lowest BCUT2D eigenvalue weighted by Crippen LogP contribution is -2.49. The molecule has 0 bridgehead atoms. The van der Waals surface area contributed by atoms with E-state index in [0.717, 1.165) is 51.9 Å². The first kappa shape index (κ1) is 25.4. The van der Waals surface area contributed by atoms with Crippen molar-refractivity contribution in [1.29, 1.82) is 0 Å². The van der Waals surface area contributed by atoms with E-state index in [-0.39, 0.29) is 36.4 Å². The van der Waals surface area contributed by atoms with Gasteiger partial charge in [-0.05, 0) is 30.6 Å². The van der Waals surface area contributed by atoms with Gasteiger partial charge in [0.25, 0.3) is 0 Å². The van der Waals surface area contributed by atoms with Crippen LogP contribution in [0.4, 0.5) is 0 Å². The number of ether oxygens (including phenoxy) is 1. The summed E-state index contributed by atoms with van der Waals surface area (Å²) in [5.41, 5.74) is 0.395. The van der Waals surface area contributed by atoms with E-state index in [0.29, 0.717) is 11.3 Å². The molecule has 7 nitrogen and oxygen atoms in total. The quantitative estimate of drug-likeness (QED) is 0.282. The van der Waals surface area contributed by atoms with Crippen molar-refractivity contribution in [2.24, 2.45) is 16.3 Å². The Balaban J connectivity index is 0.00000392. The Morgan fingerprint density at radius 1 is 1.21 bits per heavy atom. The first-order chi connectivity index (χ1) is 12.9. The van der Waals surface area contributed by atoms with Crippen LogP contribution in [0.3, 0.4) is 0 Å². The van der Waals surface area contributed by atoms with Crippen molar-refractivity contribution in [2.75, 3.05) is 66.6 Å². The second-order valence-corrected chi connectivity index (χ2v) is 8.64. The number of aliphatic imine (C=N–C) groups is 1. The van der Waals surface area contributed by atoms with Gasteiger partial charge in [0.15, 0.2) is 5.96 Å². The van der Waals surface area contributed by atoms with Gasteiger partial charge >= 0.3 is 0 Å². The Hall–Kier alpha value is -0.610. The fourth-order valence-corrected chi connectivity index (χ4v) is 3.89. The van der Waals surface area contributed by atoms with Crippen LogP contribution in [0.15, 0.2) is 4.99 Å². The minimum Gasteiger partial charge on any atom is -0.379 e. The highest BCUT2D eigenvalue weighted by Gasteiger charge is 2.37. The van der Waals surface area contributed by atoms with Gasteiger partial charge in [-0.1, -0.05) is 20.3 Å². The summed E-state index contributed by atoms with van der Waals surface area (Å²) in [6.45, 7) is 11.1. The van der Waals surface area contributed by atoms with Crippen LogP contribution in [0.2, 0.25) is 0 Å². The molecule has 0 aromatic heterocycles. The van der Waals surface area contributed by atoms with Gasteiger partial charge in [0, 0.05) is 46.8 Å². The maximum absolute atomic E-state index is 11.9. The molecule has 2 N–H and O–H groups in total. The Bertz CT molecular complexity index is 489. The maximum Gasteiger partial charge on any atom is 0.243 e. The van der Waals surface area contributed by atoms with Crippen LogP contribution in [0.1, 0.15) is 39.5 Å². The fraction of sp³-hybridized carbons (Fsp3) is 0.900. The molecule has 2 fully saturated rings. The predicted molar refractivity (Wildman–Crippen MR) is 125 cm³/mol. The van der Waals surface area contributed by atoms with Crippen LogP contribution in [0, 0.1) is 11.3 Å². The molecule has 28 heavy (non-hydrogen) atoms. The van der Waals surface area contributed by atoms with Gasteiger partial charge in [0.2, 0.25) is 5.91 Å². The molecule has 8 heteroatoms. The molecule has 1 saturated carbocycles. The van der Waals surface area contributed by atoms with Gasteiger partial charge in [-0.3, -0.25) is 9.69 Å². The molecule has 1 aliphatic carbocycles. The largest absolute Gasteiger partial charge is 0.379 e. The number of morpholine rings is 1. The summed E-state index contributed by atoms with van der Waals surface area (Å²) in [7, 11) is 3.53. The van der Waals surface area contributed by atoms with E-state index in [1.807, 2.05) is 0 Å². The van der Waals surface area contributed by atoms with E-state index < -0.39 is 0 Å². The summed E-state index contributed by atoms with van der Waals surface area (Å²) >= 11 is 0. The van der Waals surface area contributed by atoms with Crippen LogP contribution in [0.5, 0.6) is 0 Å². The number of guanidine groups is 1. The number of hydrogen-bond donors (Lipinski definition) is 2. The lowest BCUT2D eigenvalue weighted by Gasteiger charge is -2.43. The zero-order chi connectivity index (χ0) is 19.7. The molecule has 0 atom stereocenters. The third-order valence-electron chi connectivity index (χ3n) is 5.58. The van der Waals surface area contributed by atoms with E-state index in [1.165, 1.54) is 25.7 Å². The molecular weight excluding hydrogens is 469 g/mol. The van der Waals surface area contributed by atoms with Crippen LogP contribution in [0.25, 0.3) is 0 Å². The van der Waals surface area contributed by atoms with Crippen molar-refractivity contribution in [1.82, 2.24) is 20.4 Å². The van der Waals surface area contributed by atoms with Crippen molar-refractivity contribution in [3.8, 4) is 0 Å². The van der Waals surface area contributed by atoms with E-state index in [2.05, 4.69) is 34.4 Å². The standard InChI is InChI=1S/C20H39N5O2.HI/c1-17(2)14-20(6-5-7-20)16-23-19(22-15-18(26)24(3)4)21-8-9-25-10-12-27-13-11-25;/h17H,5-16H2,1-4H3,(H2,21,22,23);1H. The fourth-order valence-electron chi connectivity index (χ4n) is 3.89. The zero-order valence-corrected chi connectivity index (χ0v) is 20.5. The SMILES string of the molecule is CC(C)CC1(CNC(=NCC(=O)N(C)C)NCCN2CCOCC2)CCC1.I. The highest BCUT2D eigenvalue weighted by Crippen LogP contribution is 2.45. The summed E-state index contributed by atoms with van der Waals surface area (Å²) in [5, 5.41) is 6.95. The maximum atomic E-state index is 11.9. The number of carbonyl (C=O) groups excluding carboxylic acids is 1. The third kappa shape index (κ3) is 8.82. The number of nitrogens with one attached hydrogen (secondary N) is 2. The molecule has 0 unspecified atom stereocenters. The van der Waals surface area contributed by atoms with E-state index >= 15 is 0 Å². The van der Waals surface area contributed by atoms with Crippen molar-refractivity contribution in [3.63, 3.8) is 0 Å². The lowest BCUT2D eigenvalue weighted by atomic mass is 9.64. The summed E-state index contributed by atoms with van der Waals surface area (Å²) in [6, 6.07) is 0. The monoisotopic (exact) mass is 509 g/mol. The van der Waals surface area contributed by atoms with Crippen LogP contribution < -0.4 is 10.6 Å². The molecule has 1 saturated heterocycles. The average molecular weight is 509 g/mol. The number of carbonyl (C=O) groups is 1. The van der Waals surface area contributed by atoms with Crippen molar-refractivity contribution < 1.29 is 9.53 Å². The predicted octanol–water partition coefficient (Wildman–Crippen LogP) is 1.78. The number of nitrogens with zero attached hydrogens (tertiary/aromatic N) is 3. The molecule has 0 aromatic rings. The van der Waals surface area contributed by atoms with Gasteiger partial charge in [0.05, 0.1) is 13.2 Å². The highest BCUT2D eigenvalue weighted by atomic mass is 127. The number of rotatable bonds is 9. The smallest absolute Gasteiger partial charge is 0.243 e. The van der Waals surface area contributed by atoms with E-state index in [4.69, 9.17) is 4.74 Å². The van der Waals surface area contributed by atoms with Crippen LogP contribution in [-0.4, -0.2) is 88.2 Å². The molecule has 0 aromatic carbocycles. The second kappa shape index (κ2) is 12.8. The summed E-state index contributed by atoms with van der Waals surface area (Å²) < 4.78 is 5.40. The second-order valence-electron chi connectivity index (χ2n) is 8.64. The Kier molecular flexibility index (Phi) is 11.7. The van der Waals surface area contributed by atoms with Gasteiger partial charge in [-0.25, -0.2) is 4.99 Å². The minimum atomic E-state index is 0. The van der Waals surface area contributed by atoms with Crippen LogP contribution >= 0.6 is 24.0 Å². The molecule has 2 rings (SSSR count). The van der Waals surface area contributed by atoms with Crippen molar-refractivity contribution in [2.45, 2.75) is 39.5 Å². The molecule has 2 aliphatic rings. The van der Waals surface area contributed by atoms with Crippen LogP contribution in [-0.2, 0) is 9.53 Å². The first-order valence-electron chi connectivity index (χ1n) is 10.4. The zero-order valence-electron chi connectivity index (χ0n) is 18.1. The molecular formula is C20H40IN5O2. The number of halogens is 1. The third-order valence-corrected chi connectivity index (χ3v) is 5.58. The summed E-state index contributed by atoms with van der Waals surface area (Å²) in [5.74, 6) is 1.48. The Labute approximate surface area is 188 Å². The normalized spacial score (nSPS) is 19.5. The number of amides is 1. The molecule has 1 heterocycles. The van der Waals surface area contributed by atoms with Crippen molar-refractivity contribution in [3.05, 3.63) is 0 Å². The molecule has 164 valence electrons. The summed E-state index contributed by atoms with van der Waals surface area (Å²) in [6.07, 6.45) is 5.15. The lowest BCUT2D eigenvalue weighted by molar-refractivity contribution is -0.127. The average Bonchev–Trinajstić information content (AvgIpc) is 2.61. The van der Waals surface area contributed by atoms with Crippen molar-refractivity contribution >= 4 is 35.8 Å². The molecule has 1 amide bonds. The van der Waals surface area contributed by atoms with E-state index in [1.54, 1.807) is 19.0 Å². The minimum absolute atomic E-state index is 0. The van der Waals surface area contributed by atoms with Gasteiger partial charge in [-0.2, -0.15) is 0 Å². The number of likely N-dealkylation sites (N-methyl/N-ethyl adjacent to an activating group) is 1. The van der Waals surface area contributed by atoms with Gasteiger partial charge in [0.1, 0.15) is 6.54 Å². The molecule has 0 radical (unpaired) electrons.